The van der Waals surface area contributed by atoms with Crippen LogP contribution in [0.4, 0.5) is 5.69 Å². The average molecular weight is 320 g/mol. The molecular weight excluding hydrogens is 310 g/mol. The van der Waals surface area contributed by atoms with E-state index in [9.17, 15) is 4.79 Å². The zero-order valence-electron chi connectivity index (χ0n) is 10.7. The molecule has 0 aliphatic carbocycles. The summed E-state index contributed by atoms with van der Waals surface area (Å²) >= 11 is 7.32. The minimum Gasteiger partial charge on any atom is -0.324 e. The first-order valence-electron chi connectivity index (χ1n) is 6.06. The Hall–Kier alpha value is -2.12. The van der Waals surface area contributed by atoms with Gasteiger partial charge in [0.05, 0.1) is 16.5 Å². The molecule has 0 fully saturated rings. The lowest BCUT2D eigenvalue weighted by atomic mass is 10.3. The Morgan fingerprint density at radius 1 is 1.29 bits per heavy atom. The van der Waals surface area contributed by atoms with Crippen molar-refractivity contribution in [1.29, 1.82) is 0 Å². The predicted molar refractivity (Wildman–Crippen MR) is 81.6 cm³/mol. The van der Waals surface area contributed by atoms with Gasteiger partial charge in [-0.2, -0.15) is 9.61 Å². The zero-order chi connectivity index (χ0) is 14.7. The largest absolute Gasteiger partial charge is 0.324 e. The molecule has 0 aliphatic heterocycles. The average Bonchev–Trinajstić information content (AvgIpc) is 2.95. The second kappa shape index (κ2) is 6.11. The van der Waals surface area contributed by atoms with Crippen molar-refractivity contribution in [3.05, 3.63) is 47.7 Å². The van der Waals surface area contributed by atoms with Gasteiger partial charge in [0.1, 0.15) is 11.4 Å². The van der Waals surface area contributed by atoms with Crippen molar-refractivity contribution in [2.24, 2.45) is 0 Å². The van der Waals surface area contributed by atoms with Crippen molar-refractivity contribution >= 4 is 40.6 Å². The molecule has 3 rings (SSSR count). The molecule has 1 N–H and O–H groups in total. The summed E-state index contributed by atoms with van der Waals surface area (Å²) in [6, 6.07) is 10.7. The first-order chi connectivity index (χ1) is 10.2. The molecule has 2 heterocycles. The number of rotatable bonds is 4. The lowest BCUT2D eigenvalue weighted by Gasteiger charge is -2.06. The summed E-state index contributed by atoms with van der Waals surface area (Å²) in [7, 11) is 0. The lowest BCUT2D eigenvalue weighted by Crippen LogP contribution is -2.14. The summed E-state index contributed by atoms with van der Waals surface area (Å²) < 4.78 is 1.56. The summed E-state index contributed by atoms with van der Waals surface area (Å²) in [4.78, 5) is 11.9. The molecule has 0 saturated heterocycles. The SMILES string of the molecule is O=C(CSc1ccc2nncn2n1)Nc1ccccc1Cl. The number of hydrogen-bond acceptors (Lipinski definition) is 5. The van der Waals surface area contributed by atoms with E-state index in [1.807, 2.05) is 12.1 Å². The molecule has 0 bridgehead atoms. The number of nitrogens with one attached hydrogen (secondary N) is 1. The van der Waals surface area contributed by atoms with Gasteiger partial charge in [-0.25, -0.2) is 0 Å². The number of thioether (sulfide) groups is 1. The van der Waals surface area contributed by atoms with Crippen LogP contribution in [0, 0.1) is 0 Å². The number of halogens is 1. The summed E-state index contributed by atoms with van der Waals surface area (Å²) in [6.07, 6.45) is 1.52. The van der Waals surface area contributed by atoms with Crippen molar-refractivity contribution < 1.29 is 4.79 Å². The number of anilines is 1. The molecule has 0 radical (unpaired) electrons. The van der Waals surface area contributed by atoms with Gasteiger partial charge in [-0.05, 0) is 24.3 Å². The smallest absolute Gasteiger partial charge is 0.234 e. The van der Waals surface area contributed by atoms with Gasteiger partial charge in [0.15, 0.2) is 5.65 Å². The van der Waals surface area contributed by atoms with Crippen molar-refractivity contribution in [3.63, 3.8) is 0 Å². The Morgan fingerprint density at radius 2 is 2.14 bits per heavy atom. The number of hydrogen-bond donors (Lipinski definition) is 1. The van der Waals surface area contributed by atoms with Crippen molar-refractivity contribution in [1.82, 2.24) is 19.8 Å². The first-order valence-corrected chi connectivity index (χ1v) is 7.43. The van der Waals surface area contributed by atoms with Crippen LogP contribution < -0.4 is 5.32 Å². The van der Waals surface area contributed by atoms with E-state index >= 15 is 0 Å². The second-order valence-corrected chi connectivity index (χ2v) is 5.52. The molecule has 0 unspecified atom stereocenters. The third-order valence-corrected chi connectivity index (χ3v) is 3.89. The van der Waals surface area contributed by atoms with E-state index in [0.29, 0.717) is 16.4 Å². The van der Waals surface area contributed by atoms with Crippen LogP contribution in [0.3, 0.4) is 0 Å². The molecule has 21 heavy (non-hydrogen) atoms. The summed E-state index contributed by atoms with van der Waals surface area (Å²) in [5.74, 6) is 0.102. The van der Waals surface area contributed by atoms with Gasteiger partial charge in [0.25, 0.3) is 0 Å². The van der Waals surface area contributed by atoms with E-state index in [2.05, 4.69) is 20.6 Å². The lowest BCUT2D eigenvalue weighted by molar-refractivity contribution is -0.113. The monoisotopic (exact) mass is 319 g/mol. The highest BCUT2D eigenvalue weighted by Crippen LogP contribution is 2.21. The summed E-state index contributed by atoms with van der Waals surface area (Å²) in [5.41, 5.74) is 1.27. The highest BCUT2D eigenvalue weighted by Gasteiger charge is 2.07. The van der Waals surface area contributed by atoms with Gasteiger partial charge in [0, 0.05) is 0 Å². The Morgan fingerprint density at radius 3 is 3.00 bits per heavy atom. The van der Waals surface area contributed by atoms with Gasteiger partial charge in [-0.3, -0.25) is 4.79 Å². The van der Waals surface area contributed by atoms with Gasteiger partial charge in [0.2, 0.25) is 5.91 Å². The van der Waals surface area contributed by atoms with E-state index in [1.54, 1.807) is 28.8 Å². The molecular formula is C13H10ClN5OS. The van der Waals surface area contributed by atoms with Crippen LogP contribution >= 0.6 is 23.4 Å². The van der Waals surface area contributed by atoms with Crippen molar-refractivity contribution in [2.45, 2.75) is 5.03 Å². The fourth-order valence-electron chi connectivity index (χ4n) is 1.68. The third kappa shape index (κ3) is 3.32. The van der Waals surface area contributed by atoms with Gasteiger partial charge in [-0.1, -0.05) is 35.5 Å². The number of aromatic nitrogens is 4. The number of fused-ring (bicyclic) bond motifs is 1. The topological polar surface area (TPSA) is 72.2 Å². The Labute approximate surface area is 129 Å². The molecule has 106 valence electrons. The molecule has 6 nitrogen and oxygen atoms in total. The predicted octanol–water partition coefficient (Wildman–Crippen LogP) is 2.51. The Balaban J connectivity index is 1.61. The standard InChI is InChI=1S/C13H10ClN5OS/c14-9-3-1-2-4-10(9)16-12(20)7-21-13-6-5-11-17-15-8-19(11)18-13/h1-6,8H,7H2,(H,16,20). The highest BCUT2D eigenvalue weighted by atomic mass is 35.5. The minimum absolute atomic E-state index is 0.140. The maximum Gasteiger partial charge on any atom is 0.234 e. The normalized spacial score (nSPS) is 10.7. The highest BCUT2D eigenvalue weighted by molar-refractivity contribution is 7.99. The van der Waals surface area contributed by atoms with Gasteiger partial charge >= 0.3 is 0 Å². The molecule has 0 saturated carbocycles. The van der Waals surface area contributed by atoms with Crippen LogP contribution in [0.2, 0.25) is 5.02 Å². The maximum atomic E-state index is 11.9. The quantitative estimate of drug-likeness (QED) is 0.748. The fourth-order valence-corrected chi connectivity index (χ4v) is 2.52. The molecule has 1 amide bonds. The number of nitrogens with zero attached hydrogens (tertiary/aromatic N) is 4. The summed E-state index contributed by atoms with van der Waals surface area (Å²) in [5, 5.41) is 15.9. The van der Waals surface area contributed by atoms with Crippen LogP contribution in [0.1, 0.15) is 0 Å². The molecule has 0 atom stereocenters. The number of carbonyl (C=O) groups is 1. The van der Waals surface area contributed by atoms with Crippen LogP contribution in [-0.4, -0.2) is 31.5 Å². The van der Waals surface area contributed by atoms with Crippen LogP contribution in [-0.2, 0) is 4.79 Å². The van der Waals surface area contributed by atoms with Crippen molar-refractivity contribution in [2.75, 3.05) is 11.1 Å². The Kier molecular flexibility index (Phi) is 4.03. The van der Waals surface area contributed by atoms with E-state index < -0.39 is 0 Å². The van der Waals surface area contributed by atoms with E-state index in [0.717, 1.165) is 5.03 Å². The van der Waals surface area contributed by atoms with E-state index in [1.165, 1.54) is 18.1 Å². The number of para-hydroxylation sites is 1. The van der Waals surface area contributed by atoms with E-state index in [-0.39, 0.29) is 11.7 Å². The van der Waals surface area contributed by atoms with Crippen LogP contribution in [0.25, 0.3) is 5.65 Å². The van der Waals surface area contributed by atoms with Crippen LogP contribution in [0.15, 0.2) is 47.8 Å². The van der Waals surface area contributed by atoms with Gasteiger partial charge < -0.3 is 5.32 Å². The zero-order valence-corrected chi connectivity index (χ0v) is 12.3. The maximum absolute atomic E-state index is 11.9. The second-order valence-electron chi connectivity index (χ2n) is 4.12. The minimum atomic E-state index is -0.140. The summed E-state index contributed by atoms with van der Waals surface area (Å²) in [6.45, 7) is 0. The molecule has 3 aromatic rings. The molecule has 8 heteroatoms. The third-order valence-electron chi connectivity index (χ3n) is 2.64. The van der Waals surface area contributed by atoms with Crippen molar-refractivity contribution in [3.8, 4) is 0 Å². The Bertz CT molecular complexity index is 791. The van der Waals surface area contributed by atoms with E-state index in [4.69, 9.17) is 11.6 Å². The molecule has 2 aromatic heterocycles. The first kappa shape index (κ1) is 13.8. The number of benzene rings is 1. The molecule has 0 aliphatic rings. The fraction of sp³-hybridized carbons (Fsp3) is 0.0769. The molecule has 1 aromatic carbocycles. The molecule has 0 spiro atoms. The number of carbonyl (C=O) groups excluding carboxylic acids is 1. The van der Waals surface area contributed by atoms with Crippen LogP contribution in [0.5, 0.6) is 0 Å². The van der Waals surface area contributed by atoms with Gasteiger partial charge in [-0.15, -0.1) is 10.2 Å². The number of amides is 1.